The molecule has 0 bridgehead atoms. The van der Waals surface area contributed by atoms with Gasteiger partial charge in [0.25, 0.3) is 0 Å². The first-order valence-electron chi connectivity index (χ1n) is 4.83. The Morgan fingerprint density at radius 2 is 2.13 bits per heavy atom. The number of hydrogen-bond acceptors (Lipinski definition) is 3. The van der Waals surface area contributed by atoms with Gasteiger partial charge in [-0.05, 0) is 30.0 Å². The van der Waals surface area contributed by atoms with Crippen molar-refractivity contribution in [2.24, 2.45) is 0 Å². The van der Waals surface area contributed by atoms with Crippen LogP contribution in [0.4, 0.5) is 5.69 Å². The minimum Gasteiger partial charge on any atom is -0.505 e. The van der Waals surface area contributed by atoms with Crippen LogP contribution in [0.15, 0.2) is 12.1 Å². The number of benzene rings is 1. The Balaban J connectivity index is 3.29. The third kappa shape index (κ3) is 2.21. The highest BCUT2D eigenvalue weighted by Gasteiger charge is 2.15. The van der Waals surface area contributed by atoms with Crippen molar-refractivity contribution in [3.63, 3.8) is 0 Å². The number of aromatic hydroxyl groups is 1. The fourth-order valence-corrected chi connectivity index (χ4v) is 1.36. The molecule has 0 radical (unpaired) electrons. The van der Waals surface area contributed by atoms with Crippen molar-refractivity contribution in [1.82, 2.24) is 0 Å². The van der Waals surface area contributed by atoms with Crippen molar-refractivity contribution in [3.8, 4) is 5.75 Å². The van der Waals surface area contributed by atoms with Crippen molar-refractivity contribution in [3.05, 3.63) is 23.3 Å². The van der Waals surface area contributed by atoms with Crippen LogP contribution in [0.3, 0.4) is 0 Å². The van der Waals surface area contributed by atoms with Crippen LogP contribution < -0.4 is 5.73 Å². The number of nitrogen functional groups attached to an aromatic ring is 1. The van der Waals surface area contributed by atoms with Gasteiger partial charge in [0.05, 0.1) is 5.69 Å². The Hall–Kier alpha value is -1.71. The van der Waals surface area contributed by atoms with Gasteiger partial charge in [0.1, 0.15) is 5.56 Å². The van der Waals surface area contributed by atoms with E-state index in [1.165, 1.54) is 6.07 Å². The van der Waals surface area contributed by atoms with Crippen molar-refractivity contribution >= 4 is 11.7 Å². The van der Waals surface area contributed by atoms with Crippen molar-refractivity contribution < 1.29 is 15.0 Å². The molecule has 1 rings (SSSR count). The van der Waals surface area contributed by atoms with Gasteiger partial charge >= 0.3 is 5.97 Å². The van der Waals surface area contributed by atoms with E-state index in [9.17, 15) is 9.90 Å². The van der Waals surface area contributed by atoms with E-state index in [1.54, 1.807) is 6.07 Å². The first-order chi connectivity index (χ1) is 6.97. The molecule has 1 aromatic carbocycles. The van der Waals surface area contributed by atoms with Gasteiger partial charge in [-0.15, -0.1) is 0 Å². The molecule has 82 valence electrons. The van der Waals surface area contributed by atoms with Crippen LogP contribution in [0.2, 0.25) is 0 Å². The number of rotatable bonds is 3. The SMILES string of the molecule is CC[C@H](C)c1cc(N)c(O)c(C(=O)O)c1. The van der Waals surface area contributed by atoms with Gasteiger partial charge in [-0.2, -0.15) is 0 Å². The van der Waals surface area contributed by atoms with Gasteiger partial charge in [0.2, 0.25) is 0 Å². The molecule has 1 atom stereocenters. The van der Waals surface area contributed by atoms with Crippen LogP contribution in [0.1, 0.15) is 42.1 Å². The maximum Gasteiger partial charge on any atom is 0.339 e. The number of hydrogen-bond donors (Lipinski definition) is 3. The van der Waals surface area contributed by atoms with E-state index in [-0.39, 0.29) is 22.9 Å². The molecule has 0 fully saturated rings. The predicted molar refractivity (Wildman–Crippen MR) is 58.2 cm³/mol. The van der Waals surface area contributed by atoms with Crippen LogP contribution >= 0.6 is 0 Å². The van der Waals surface area contributed by atoms with E-state index >= 15 is 0 Å². The second kappa shape index (κ2) is 4.21. The van der Waals surface area contributed by atoms with E-state index in [0.29, 0.717) is 0 Å². The molecular weight excluding hydrogens is 194 g/mol. The molecule has 0 spiro atoms. The molecule has 0 amide bonds. The number of aromatic carboxylic acids is 1. The summed E-state index contributed by atoms with van der Waals surface area (Å²) in [5.41, 5.74) is 6.36. The number of carboxylic acid groups (broad SMARTS) is 1. The van der Waals surface area contributed by atoms with Crippen LogP contribution in [0.25, 0.3) is 0 Å². The monoisotopic (exact) mass is 209 g/mol. The molecule has 1 aromatic rings. The van der Waals surface area contributed by atoms with E-state index in [0.717, 1.165) is 12.0 Å². The fourth-order valence-electron chi connectivity index (χ4n) is 1.36. The largest absolute Gasteiger partial charge is 0.505 e. The standard InChI is InChI=1S/C11H15NO3/c1-3-6(2)7-4-8(11(14)15)10(13)9(12)5-7/h4-6,13H,3,12H2,1-2H3,(H,14,15)/t6-/m0/s1. The summed E-state index contributed by atoms with van der Waals surface area (Å²) in [5, 5.41) is 18.3. The first kappa shape index (κ1) is 11.4. The lowest BCUT2D eigenvalue weighted by atomic mass is 9.95. The number of carboxylic acids is 1. The Morgan fingerprint density at radius 1 is 1.53 bits per heavy atom. The van der Waals surface area contributed by atoms with E-state index in [2.05, 4.69) is 0 Å². The molecule has 4 nitrogen and oxygen atoms in total. The van der Waals surface area contributed by atoms with Crippen LogP contribution in [-0.2, 0) is 0 Å². The summed E-state index contributed by atoms with van der Waals surface area (Å²) in [6.07, 6.45) is 0.892. The summed E-state index contributed by atoms with van der Waals surface area (Å²) >= 11 is 0. The van der Waals surface area contributed by atoms with E-state index in [1.807, 2.05) is 13.8 Å². The summed E-state index contributed by atoms with van der Waals surface area (Å²) in [7, 11) is 0. The molecule has 0 aliphatic heterocycles. The summed E-state index contributed by atoms with van der Waals surface area (Å²) in [5.74, 6) is -1.29. The second-order valence-electron chi connectivity index (χ2n) is 3.62. The van der Waals surface area contributed by atoms with Crippen molar-refractivity contribution in [2.45, 2.75) is 26.2 Å². The van der Waals surface area contributed by atoms with Crippen LogP contribution in [0, 0.1) is 0 Å². The lowest BCUT2D eigenvalue weighted by Crippen LogP contribution is -2.03. The molecular formula is C11H15NO3. The second-order valence-corrected chi connectivity index (χ2v) is 3.62. The van der Waals surface area contributed by atoms with E-state index < -0.39 is 5.97 Å². The topological polar surface area (TPSA) is 83.5 Å². The molecule has 0 saturated carbocycles. The summed E-state index contributed by atoms with van der Waals surface area (Å²) in [6, 6.07) is 3.10. The molecule has 0 saturated heterocycles. The Morgan fingerprint density at radius 3 is 2.60 bits per heavy atom. The number of anilines is 1. The van der Waals surface area contributed by atoms with E-state index in [4.69, 9.17) is 10.8 Å². The zero-order valence-corrected chi connectivity index (χ0v) is 8.82. The molecule has 0 aliphatic carbocycles. The van der Waals surface area contributed by atoms with Crippen LogP contribution in [-0.4, -0.2) is 16.2 Å². The predicted octanol–water partition coefficient (Wildman–Crippen LogP) is 2.19. The normalized spacial score (nSPS) is 12.4. The van der Waals surface area contributed by atoms with Crippen LogP contribution in [0.5, 0.6) is 5.75 Å². The van der Waals surface area contributed by atoms with Gasteiger partial charge in [0, 0.05) is 0 Å². The highest BCUT2D eigenvalue weighted by Crippen LogP contribution is 2.31. The quantitative estimate of drug-likeness (QED) is 0.526. The Bertz CT molecular complexity index is 388. The van der Waals surface area contributed by atoms with Crippen molar-refractivity contribution in [1.29, 1.82) is 0 Å². The molecule has 0 unspecified atom stereocenters. The van der Waals surface area contributed by atoms with Gasteiger partial charge in [-0.3, -0.25) is 0 Å². The average Bonchev–Trinajstić information content (AvgIpc) is 2.20. The Kier molecular flexibility index (Phi) is 3.19. The van der Waals surface area contributed by atoms with Gasteiger partial charge in [-0.25, -0.2) is 4.79 Å². The number of carbonyl (C=O) groups is 1. The lowest BCUT2D eigenvalue weighted by molar-refractivity contribution is 0.0693. The Labute approximate surface area is 88.3 Å². The van der Waals surface area contributed by atoms with Gasteiger partial charge < -0.3 is 15.9 Å². The third-order valence-electron chi connectivity index (χ3n) is 2.57. The van der Waals surface area contributed by atoms with Crippen molar-refractivity contribution in [2.75, 3.05) is 5.73 Å². The maximum atomic E-state index is 10.8. The molecule has 0 heterocycles. The smallest absolute Gasteiger partial charge is 0.339 e. The number of nitrogens with two attached hydrogens (primary N) is 1. The van der Waals surface area contributed by atoms with Gasteiger partial charge in [0.15, 0.2) is 5.75 Å². The zero-order chi connectivity index (χ0) is 11.6. The molecule has 4 heteroatoms. The highest BCUT2D eigenvalue weighted by molar-refractivity contribution is 5.93. The zero-order valence-electron chi connectivity index (χ0n) is 8.82. The minimum atomic E-state index is -1.16. The third-order valence-corrected chi connectivity index (χ3v) is 2.57. The molecule has 4 N–H and O–H groups in total. The first-order valence-corrected chi connectivity index (χ1v) is 4.83. The molecule has 15 heavy (non-hydrogen) atoms. The summed E-state index contributed by atoms with van der Waals surface area (Å²) < 4.78 is 0. The molecule has 0 aliphatic rings. The fraction of sp³-hybridized carbons (Fsp3) is 0.364. The molecule has 0 aromatic heterocycles. The van der Waals surface area contributed by atoms with Gasteiger partial charge in [-0.1, -0.05) is 13.8 Å². The maximum absolute atomic E-state index is 10.8. The average molecular weight is 209 g/mol. The minimum absolute atomic E-state index is 0.116. The number of phenols is 1. The summed E-state index contributed by atoms with van der Waals surface area (Å²) in [6.45, 7) is 3.99. The summed E-state index contributed by atoms with van der Waals surface area (Å²) in [4.78, 5) is 10.8. The highest BCUT2D eigenvalue weighted by atomic mass is 16.4. The lowest BCUT2D eigenvalue weighted by Gasteiger charge is -2.12.